The highest BCUT2D eigenvalue weighted by Gasteiger charge is 2.55. The fourth-order valence-corrected chi connectivity index (χ4v) is 6.39. The van der Waals surface area contributed by atoms with E-state index in [4.69, 9.17) is 16.3 Å². The van der Waals surface area contributed by atoms with Gasteiger partial charge in [0.05, 0.1) is 18.3 Å². The molecular formula is C23H34ClN3O4. The molecule has 0 saturated carbocycles. The maximum atomic E-state index is 11.0. The van der Waals surface area contributed by atoms with E-state index in [1.807, 2.05) is 18.2 Å². The van der Waals surface area contributed by atoms with Crippen LogP contribution in [-0.2, 0) is 17.6 Å². The van der Waals surface area contributed by atoms with Crippen LogP contribution in [0.5, 0.6) is 0 Å². The molecule has 4 aliphatic rings. The molecule has 3 fully saturated rings. The van der Waals surface area contributed by atoms with Crippen molar-refractivity contribution in [2.24, 2.45) is 5.92 Å². The van der Waals surface area contributed by atoms with E-state index < -0.39 is 30.6 Å². The normalized spacial score (nSPS) is 39.9. The molecule has 0 amide bonds. The fourth-order valence-electron chi connectivity index (χ4n) is 5.97. The first-order chi connectivity index (χ1) is 14.9. The Morgan fingerprint density at radius 1 is 1.19 bits per heavy atom. The van der Waals surface area contributed by atoms with Gasteiger partial charge in [-0.25, -0.2) is 0 Å². The smallest absolute Gasteiger partial charge is 0.141 e. The van der Waals surface area contributed by atoms with Gasteiger partial charge in [-0.05, 0) is 49.4 Å². The van der Waals surface area contributed by atoms with Crippen molar-refractivity contribution < 1.29 is 20.1 Å². The second-order valence-corrected chi connectivity index (χ2v) is 10.1. The third-order valence-corrected chi connectivity index (χ3v) is 8.26. The predicted octanol–water partition coefficient (Wildman–Crippen LogP) is 1.09. The van der Waals surface area contributed by atoms with E-state index in [0.717, 1.165) is 51.0 Å². The second kappa shape index (κ2) is 8.54. The zero-order valence-electron chi connectivity index (χ0n) is 18.3. The second-order valence-electron chi connectivity index (χ2n) is 9.63. The van der Waals surface area contributed by atoms with Gasteiger partial charge >= 0.3 is 0 Å². The van der Waals surface area contributed by atoms with Crippen molar-refractivity contribution in [2.75, 3.05) is 26.8 Å². The van der Waals surface area contributed by atoms with Gasteiger partial charge in [-0.15, -0.1) is 11.6 Å². The molecule has 1 aliphatic carbocycles. The number of halogens is 1. The van der Waals surface area contributed by atoms with E-state index in [1.54, 1.807) is 0 Å². The lowest BCUT2D eigenvalue weighted by Crippen LogP contribution is -2.62. The van der Waals surface area contributed by atoms with E-state index >= 15 is 0 Å². The molecule has 3 heterocycles. The van der Waals surface area contributed by atoms with Crippen LogP contribution in [0.4, 0.5) is 0 Å². The van der Waals surface area contributed by atoms with Crippen molar-refractivity contribution in [3.8, 4) is 0 Å². The van der Waals surface area contributed by atoms with Crippen LogP contribution in [0.1, 0.15) is 42.6 Å². The van der Waals surface area contributed by atoms with Gasteiger partial charge in [-0.3, -0.25) is 14.7 Å². The van der Waals surface area contributed by atoms with Crippen molar-refractivity contribution in [1.29, 1.82) is 0 Å². The van der Waals surface area contributed by atoms with Crippen molar-refractivity contribution in [1.82, 2.24) is 14.7 Å². The maximum Gasteiger partial charge on any atom is 0.141 e. The number of rotatable bonds is 5. The van der Waals surface area contributed by atoms with Crippen molar-refractivity contribution in [3.63, 3.8) is 0 Å². The van der Waals surface area contributed by atoms with Crippen LogP contribution in [0.15, 0.2) is 18.2 Å². The third-order valence-electron chi connectivity index (χ3n) is 7.66. The first-order valence-corrected chi connectivity index (χ1v) is 12.0. The molecule has 3 aliphatic heterocycles. The molecule has 3 saturated heterocycles. The summed E-state index contributed by atoms with van der Waals surface area (Å²) < 4.78 is 6.17. The lowest BCUT2D eigenvalue weighted by atomic mass is 9.85. The molecule has 7 nitrogen and oxygen atoms in total. The maximum absolute atomic E-state index is 11.0. The number of hydrogen-bond acceptors (Lipinski definition) is 7. The molecule has 8 atom stereocenters. The first kappa shape index (κ1) is 22.0. The quantitative estimate of drug-likeness (QED) is 0.457. The topological polar surface area (TPSA) is 79.6 Å². The summed E-state index contributed by atoms with van der Waals surface area (Å²) in [5, 5.41) is 32.6. The van der Waals surface area contributed by atoms with Crippen LogP contribution in [0, 0.1) is 5.92 Å². The van der Waals surface area contributed by atoms with E-state index in [2.05, 4.69) is 28.7 Å². The number of ether oxygens (including phenoxy) is 1. The number of aliphatic hydroxyl groups is 3. The number of benzene rings is 1. The molecule has 3 N–H and O–H groups in total. The summed E-state index contributed by atoms with van der Waals surface area (Å²) in [6.07, 6.45) is -0.650. The van der Waals surface area contributed by atoms with Gasteiger partial charge < -0.3 is 20.1 Å². The van der Waals surface area contributed by atoms with Crippen LogP contribution >= 0.6 is 11.6 Å². The van der Waals surface area contributed by atoms with Crippen LogP contribution in [0.3, 0.4) is 0 Å². The summed E-state index contributed by atoms with van der Waals surface area (Å²) in [6, 6.07) is 5.94. The Labute approximate surface area is 189 Å². The number of hydrogen-bond donors (Lipinski definition) is 3. The molecule has 31 heavy (non-hydrogen) atoms. The van der Waals surface area contributed by atoms with E-state index in [0.29, 0.717) is 0 Å². The molecule has 0 radical (unpaired) electrons. The summed E-state index contributed by atoms with van der Waals surface area (Å²) in [4.78, 5) is 6.68. The van der Waals surface area contributed by atoms with Gasteiger partial charge in [0.15, 0.2) is 0 Å². The Morgan fingerprint density at radius 3 is 2.65 bits per heavy atom. The van der Waals surface area contributed by atoms with Crippen LogP contribution in [-0.4, -0.2) is 93.0 Å². The average molecular weight is 452 g/mol. The highest BCUT2D eigenvalue weighted by Crippen LogP contribution is 2.42. The van der Waals surface area contributed by atoms with Crippen LogP contribution < -0.4 is 0 Å². The molecule has 0 aromatic heterocycles. The lowest BCUT2D eigenvalue weighted by Gasteiger charge is -2.48. The molecule has 5 rings (SSSR count). The number of fused-ring (bicyclic) bond motifs is 2. The number of aryl methyl sites for hydroxylation is 2. The van der Waals surface area contributed by atoms with Crippen molar-refractivity contribution in [2.45, 2.75) is 74.9 Å². The third kappa shape index (κ3) is 3.63. The van der Waals surface area contributed by atoms with E-state index in [1.165, 1.54) is 11.1 Å². The highest BCUT2D eigenvalue weighted by atomic mass is 35.5. The lowest BCUT2D eigenvalue weighted by molar-refractivity contribution is -0.153. The minimum Gasteiger partial charge on any atom is -0.387 e. The van der Waals surface area contributed by atoms with Gasteiger partial charge in [-0.2, -0.15) is 0 Å². The number of alkyl halides is 1. The molecular weight excluding hydrogens is 418 g/mol. The van der Waals surface area contributed by atoms with Crippen LogP contribution in [0.25, 0.3) is 0 Å². The van der Waals surface area contributed by atoms with Crippen LogP contribution in [0.2, 0.25) is 0 Å². The van der Waals surface area contributed by atoms with E-state index in [9.17, 15) is 15.3 Å². The van der Waals surface area contributed by atoms with Gasteiger partial charge in [0.1, 0.15) is 30.6 Å². The standard InChI is InChI=1S/C23H34ClN3O4/c1-3-9-26-12-25(2)22-16(21(26)24)8-10-27(22)23-19(30)18(29)20(31-23)17(28)15-7-5-13-4-6-14(13)11-15/h5,7,11,16-23,28-30H,3-4,6,8-10,12H2,1-2H3/t16?,17-,18+,19-,20-,21?,22?,23-/m1/s1. The average Bonchev–Trinajstić information content (AvgIpc) is 3.29. The summed E-state index contributed by atoms with van der Waals surface area (Å²) in [7, 11) is 2.08. The molecule has 1 aromatic rings. The Bertz CT molecular complexity index is 813. The minimum absolute atomic E-state index is 0.0369. The Balaban J connectivity index is 1.32. The molecule has 172 valence electrons. The first-order valence-electron chi connectivity index (χ1n) is 11.6. The highest BCUT2D eigenvalue weighted by molar-refractivity contribution is 6.20. The molecule has 8 heteroatoms. The van der Waals surface area contributed by atoms with Gasteiger partial charge in [0.2, 0.25) is 0 Å². The molecule has 1 aromatic carbocycles. The monoisotopic (exact) mass is 451 g/mol. The summed E-state index contributed by atoms with van der Waals surface area (Å²) >= 11 is 6.84. The fraction of sp³-hybridized carbons (Fsp3) is 0.739. The SMILES string of the molecule is CCCN1CN(C)C2C(CCN2[C@@H]2O[C@H]([C@H](O)c3ccc4c(c3)CC4)[C@@H](O)[C@H]2O)C1Cl. The van der Waals surface area contributed by atoms with E-state index in [-0.39, 0.29) is 17.6 Å². The number of nitrogens with zero attached hydrogens (tertiary/aromatic N) is 3. The largest absolute Gasteiger partial charge is 0.387 e. The summed E-state index contributed by atoms with van der Waals surface area (Å²) in [6.45, 7) is 4.61. The molecule has 3 unspecified atom stereocenters. The molecule has 0 bridgehead atoms. The Hall–Kier alpha value is -0.770. The van der Waals surface area contributed by atoms with Crippen molar-refractivity contribution >= 4 is 11.6 Å². The minimum atomic E-state index is -1.15. The van der Waals surface area contributed by atoms with Gasteiger partial charge in [-0.1, -0.05) is 25.1 Å². The van der Waals surface area contributed by atoms with Gasteiger partial charge in [0.25, 0.3) is 0 Å². The summed E-state index contributed by atoms with van der Waals surface area (Å²) in [5.41, 5.74) is 3.24. The Kier molecular flexibility index (Phi) is 6.07. The molecule has 0 spiro atoms. The van der Waals surface area contributed by atoms with Crippen molar-refractivity contribution in [3.05, 3.63) is 34.9 Å². The zero-order valence-corrected chi connectivity index (χ0v) is 19.0. The summed E-state index contributed by atoms with van der Waals surface area (Å²) in [5.74, 6) is 0.233. The number of likely N-dealkylation sites (tertiary alicyclic amines) is 1. The van der Waals surface area contributed by atoms with Gasteiger partial charge in [0, 0.05) is 19.0 Å². The predicted molar refractivity (Wildman–Crippen MR) is 117 cm³/mol. The zero-order chi connectivity index (χ0) is 21.9. The Morgan fingerprint density at radius 2 is 1.97 bits per heavy atom. The number of aliphatic hydroxyl groups excluding tert-OH is 3.